The van der Waals surface area contributed by atoms with Gasteiger partial charge < -0.3 is 19.1 Å². The number of methoxy groups -OCH3 is 1. The Morgan fingerprint density at radius 1 is 1.23 bits per heavy atom. The number of hydrogen-bond donors (Lipinski definition) is 0. The average Bonchev–Trinajstić information content (AvgIpc) is 3.14. The molecule has 2 aromatic rings. The zero-order chi connectivity index (χ0) is 18.1. The lowest BCUT2D eigenvalue weighted by Crippen LogP contribution is -2.28. The fourth-order valence-electron chi connectivity index (χ4n) is 3.50. The maximum absolute atomic E-state index is 13.0. The Kier molecular flexibility index (Phi) is 4.34. The molecule has 0 saturated heterocycles. The van der Waals surface area contributed by atoms with Crippen LogP contribution in [0.25, 0.3) is 6.08 Å². The molecule has 0 aliphatic carbocycles. The van der Waals surface area contributed by atoms with Gasteiger partial charge in [0.15, 0.2) is 17.3 Å². The lowest BCUT2D eigenvalue weighted by molar-refractivity contribution is 0.104. The first-order valence-electron chi connectivity index (χ1n) is 8.51. The molecule has 134 valence electrons. The highest BCUT2D eigenvalue weighted by atomic mass is 16.7. The van der Waals surface area contributed by atoms with Crippen molar-refractivity contribution in [2.24, 2.45) is 0 Å². The Morgan fingerprint density at radius 3 is 2.77 bits per heavy atom. The maximum Gasteiger partial charge on any atom is 0.231 e. The van der Waals surface area contributed by atoms with Crippen molar-refractivity contribution in [2.75, 3.05) is 27.5 Å². The molecule has 26 heavy (non-hydrogen) atoms. The Hall–Kier alpha value is -2.86. The van der Waals surface area contributed by atoms with Crippen LogP contribution in [-0.2, 0) is 13.0 Å². The van der Waals surface area contributed by atoms with Gasteiger partial charge in [0.1, 0.15) is 0 Å². The van der Waals surface area contributed by atoms with Gasteiger partial charge in [-0.1, -0.05) is 6.08 Å². The number of ether oxygens (including phenoxy) is 3. The van der Waals surface area contributed by atoms with E-state index >= 15 is 0 Å². The number of fused-ring (bicyclic) bond motifs is 2. The summed E-state index contributed by atoms with van der Waals surface area (Å²) in [5.74, 6) is 1.61. The molecule has 2 aliphatic rings. The molecule has 3 heterocycles. The van der Waals surface area contributed by atoms with Crippen LogP contribution in [0.4, 0.5) is 0 Å². The van der Waals surface area contributed by atoms with Crippen LogP contribution in [0.15, 0.2) is 30.6 Å². The van der Waals surface area contributed by atoms with Crippen LogP contribution in [0.2, 0.25) is 0 Å². The van der Waals surface area contributed by atoms with Crippen LogP contribution in [0, 0.1) is 0 Å². The van der Waals surface area contributed by atoms with Crippen molar-refractivity contribution in [2.45, 2.75) is 13.0 Å². The second-order valence-electron chi connectivity index (χ2n) is 6.40. The van der Waals surface area contributed by atoms with E-state index in [0.717, 1.165) is 29.7 Å². The summed E-state index contributed by atoms with van der Waals surface area (Å²) in [6, 6.07) is 3.71. The van der Waals surface area contributed by atoms with Gasteiger partial charge in [-0.15, -0.1) is 0 Å². The number of benzene rings is 1. The van der Waals surface area contributed by atoms with E-state index in [0.29, 0.717) is 29.4 Å². The minimum Gasteiger partial charge on any atom is -0.492 e. The standard InChI is InChI=1S/C20H20N2O4/c1-22-10-7-14-15(11-22)18(24-2)20-19(25-12-26-20)17(14)16(23)4-3-13-5-8-21-9-6-13/h3-6,8-9H,7,10-12H2,1-2H3/b4-3+. The predicted molar refractivity (Wildman–Crippen MR) is 96.8 cm³/mol. The summed E-state index contributed by atoms with van der Waals surface area (Å²) in [6.45, 7) is 1.69. The fraction of sp³-hybridized carbons (Fsp3) is 0.300. The zero-order valence-corrected chi connectivity index (χ0v) is 14.8. The first kappa shape index (κ1) is 16.6. The van der Waals surface area contributed by atoms with Crippen LogP contribution in [0.1, 0.15) is 27.0 Å². The molecule has 0 atom stereocenters. The van der Waals surface area contributed by atoms with Gasteiger partial charge >= 0.3 is 0 Å². The molecular weight excluding hydrogens is 332 g/mol. The number of ketones is 1. The van der Waals surface area contributed by atoms with Crippen molar-refractivity contribution in [3.8, 4) is 17.2 Å². The largest absolute Gasteiger partial charge is 0.492 e. The van der Waals surface area contributed by atoms with Crippen molar-refractivity contribution in [3.05, 3.63) is 52.9 Å². The Labute approximate surface area is 152 Å². The summed E-state index contributed by atoms with van der Waals surface area (Å²) in [5, 5.41) is 0. The average molecular weight is 352 g/mol. The lowest BCUT2D eigenvalue weighted by Gasteiger charge is -2.28. The smallest absolute Gasteiger partial charge is 0.231 e. The third-order valence-electron chi connectivity index (χ3n) is 4.74. The highest BCUT2D eigenvalue weighted by Gasteiger charge is 2.34. The van der Waals surface area contributed by atoms with Gasteiger partial charge in [0.05, 0.1) is 12.7 Å². The number of likely N-dealkylation sites (N-methyl/N-ethyl adjacent to an activating group) is 1. The lowest BCUT2D eigenvalue weighted by atomic mass is 9.90. The molecule has 0 bridgehead atoms. The molecule has 6 nitrogen and oxygen atoms in total. The van der Waals surface area contributed by atoms with Crippen molar-refractivity contribution in [3.63, 3.8) is 0 Å². The van der Waals surface area contributed by atoms with Crippen LogP contribution in [0.5, 0.6) is 17.2 Å². The Balaban J connectivity index is 1.81. The van der Waals surface area contributed by atoms with Gasteiger partial charge in [0.25, 0.3) is 0 Å². The van der Waals surface area contributed by atoms with Crippen molar-refractivity contribution < 1.29 is 19.0 Å². The monoisotopic (exact) mass is 352 g/mol. The molecule has 0 saturated carbocycles. The zero-order valence-electron chi connectivity index (χ0n) is 14.8. The highest BCUT2D eigenvalue weighted by Crippen LogP contribution is 2.49. The van der Waals surface area contributed by atoms with Gasteiger partial charge in [-0.05, 0) is 42.8 Å². The molecule has 0 spiro atoms. The molecule has 4 rings (SSSR count). The van der Waals surface area contributed by atoms with E-state index in [9.17, 15) is 4.79 Å². The number of rotatable bonds is 4. The molecule has 1 aromatic heterocycles. The number of allylic oxidation sites excluding steroid dienone is 1. The van der Waals surface area contributed by atoms with E-state index in [1.54, 1.807) is 31.7 Å². The summed E-state index contributed by atoms with van der Waals surface area (Å²) >= 11 is 0. The second kappa shape index (κ2) is 6.80. The number of carbonyl (C=O) groups is 1. The first-order valence-corrected chi connectivity index (χ1v) is 8.51. The molecule has 0 fully saturated rings. The normalized spacial score (nSPS) is 15.9. The van der Waals surface area contributed by atoms with E-state index in [1.807, 2.05) is 12.1 Å². The van der Waals surface area contributed by atoms with E-state index < -0.39 is 0 Å². The summed E-state index contributed by atoms with van der Waals surface area (Å²) in [4.78, 5) is 19.2. The summed E-state index contributed by atoms with van der Waals surface area (Å²) in [7, 11) is 3.68. The van der Waals surface area contributed by atoms with Crippen LogP contribution >= 0.6 is 0 Å². The number of carbonyl (C=O) groups excluding carboxylic acids is 1. The predicted octanol–water partition coefficient (Wildman–Crippen LogP) is 2.70. The van der Waals surface area contributed by atoms with Gasteiger partial charge in [-0.2, -0.15) is 0 Å². The molecular formula is C20H20N2O4. The number of hydrogen-bond acceptors (Lipinski definition) is 6. The Bertz CT molecular complexity index is 877. The van der Waals surface area contributed by atoms with Crippen LogP contribution in [0.3, 0.4) is 0 Å². The first-order chi connectivity index (χ1) is 12.7. The SMILES string of the molecule is COc1c2c(c(C(=O)/C=C/c3ccncc3)c3c1OCO3)CCN(C)C2. The van der Waals surface area contributed by atoms with E-state index in [1.165, 1.54) is 0 Å². The fourth-order valence-corrected chi connectivity index (χ4v) is 3.50. The van der Waals surface area contributed by atoms with E-state index in [-0.39, 0.29) is 12.6 Å². The van der Waals surface area contributed by atoms with Crippen LogP contribution < -0.4 is 14.2 Å². The number of pyridine rings is 1. The quantitative estimate of drug-likeness (QED) is 0.623. The highest BCUT2D eigenvalue weighted by molar-refractivity contribution is 6.11. The molecule has 0 radical (unpaired) electrons. The number of nitrogens with zero attached hydrogens (tertiary/aromatic N) is 2. The van der Waals surface area contributed by atoms with Gasteiger partial charge in [0, 0.05) is 31.0 Å². The summed E-state index contributed by atoms with van der Waals surface area (Å²) in [6.07, 6.45) is 7.53. The van der Waals surface area contributed by atoms with Crippen molar-refractivity contribution >= 4 is 11.9 Å². The minimum atomic E-state index is -0.0907. The summed E-state index contributed by atoms with van der Waals surface area (Å²) in [5.41, 5.74) is 3.51. The van der Waals surface area contributed by atoms with Crippen molar-refractivity contribution in [1.82, 2.24) is 9.88 Å². The molecule has 1 aromatic carbocycles. The third kappa shape index (κ3) is 2.82. The van der Waals surface area contributed by atoms with Gasteiger partial charge in [-0.3, -0.25) is 9.78 Å². The van der Waals surface area contributed by atoms with E-state index in [4.69, 9.17) is 14.2 Å². The minimum absolute atomic E-state index is 0.0907. The maximum atomic E-state index is 13.0. The molecule has 0 amide bonds. The van der Waals surface area contributed by atoms with Crippen LogP contribution in [-0.4, -0.2) is 43.2 Å². The second-order valence-corrected chi connectivity index (χ2v) is 6.40. The topological polar surface area (TPSA) is 60.9 Å². The number of aromatic nitrogens is 1. The van der Waals surface area contributed by atoms with Gasteiger partial charge in [0.2, 0.25) is 12.5 Å². The molecule has 0 N–H and O–H groups in total. The molecule has 0 unspecified atom stereocenters. The van der Waals surface area contributed by atoms with Crippen molar-refractivity contribution in [1.29, 1.82) is 0 Å². The van der Waals surface area contributed by atoms with E-state index in [2.05, 4.69) is 16.9 Å². The third-order valence-corrected chi connectivity index (χ3v) is 4.74. The molecule has 2 aliphatic heterocycles. The van der Waals surface area contributed by atoms with Gasteiger partial charge in [-0.25, -0.2) is 0 Å². The summed E-state index contributed by atoms with van der Waals surface area (Å²) < 4.78 is 16.9. The Morgan fingerprint density at radius 2 is 2.00 bits per heavy atom. The molecule has 6 heteroatoms.